The maximum atomic E-state index is 12.2. The fourth-order valence-electron chi connectivity index (χ4n) is 2.34. The molecule has 4 nitrogen and oxygen atoms in total. The predicted molar refractivity (Wildman–Crippen MR) is 79.1 cm³/mol. The summed E-state index contributed by atoms with van der Waals surface area (Å²) in [6.07, 6.45) is 2.67. The molecular weight excluding hydrogens is 240 g/mol. The van der Waals surface area contributed by atoms with E-state index in [2.05, 4.69) is 19.2 Å². The Morgan fingerprint density at radius 3 is 2.26 bits per heavy atom. The van der Waals surface area contributed by atoms with Crippen LogP contribution in [0.4, 0.5) is 0 Å². The molecule has 0 aliphatic carbocycles. The fourth-order valence-corrected chi connectivity index (χ4v) is 2.34. The number of hydrogen-bond acceptors (Lipinski definition) is 3. The molecule has 1 rings (SSSR count). The highest BCUT2D eigenvalue weighted by molar-refractivity contribution is 5.89. The minimum absolute atomic E-state index is 0.0587. The number of rotatable bonds is 5. The molecule has 0 saturated carbocycles. The second-order valence-electron chi connectivity index (χ2n) is 5.35. The molecule has 1 fully saturated rings. The number of nitrogens with zero attached hydrogens (tertiary/aromatic N) is 1. The molecule has 1 saturated heterocycles. The molecule has 2 unspecified atom stereocenters. The van der Waals surface area contributed by atoms with Crippen molar-refractivity contribution in [3.8, 4) is 0 Å². The maximum absolute atomic E-state index is 12.2. The average molecular weight is 270 g/mol. The Hall–Kier alpha value is -0.900. The number of Topliss-reactive ketones (excluding diaryl/α,β-unsaturated/α-hetero) is 1. The van der Waals surface area contributed by atoms with E-state index in [0.717, 1.165) is 25.8 Å². The van der Waals surface area contributed by atoms with E-state index in [0.29, 0.717) is 5.92 Å². The van der Waals surface area contributed by atoms with Crippen LogP contribution in [0.25, 0.3) is 0 Å². The van der Waals surface area contributed by atoms with E-state index in [1.165, 1.54) is 0 Å². The summed E-state index contributed by atoms with van der Waals surface area (Å²) < 4.78 is 0. The normalized spacial score (nSPS) is 19.6. The van der Waals surface area contributed by atoms with Crippen molar-refractivity contribution in [2.24, 2.45) is 5.92 Å². The van der Waals surface area contributed by atoms with Gasteiger partial charge in [-0.25, -0.2) is 0 Å². The quantitative estimate of drug-likeness (QED) is 0.833. The Labute approximate surface area is 117 Å². The molecule has 1 N–H and O–H groups in total. The molecular formula is C15H30N2O2. The van der Waals surface area contributed by atoms with Gasteiger partial charge >= 0.3 is 0 Å². The molecule has 112 valence electrons. The fraction of sp³-hybridized carbons (Fsp3) is 0.867. The van der Waals surface area contributed by atoms with E-state index >= 15 is 0 Å². The van der Waals surface area contributed by atoms with Crippen molar-refractivity contribution in [2.75, 3.05) is 13.6 Å². The van der Waals surface area contributed by atoms with Gasteiger partial charge < -0.3 is 10.2 Å². The minimum Gasteiger partial charge on any atom is -0.334 e. The van der Waals surface area contributed by atoms with Gasteiger partial charge in [0.2, 0.25) is 5.91 Å². The summed E-state index contributed by atoms with van der Waals surface area (Å²) >= 11 is 0. The van der Waals surface area contributed by atoms with E-state index < -0.39 is 0 Å². The number of ketones is 1. The van der Waals surface area contributed by atoms with Crippen LogP contribution >= 0.6 is 0 Å². The van der Waals surface area contributed by atoms with Crippen LogP contribution in [-0.2, 0) is 9.59 Å². The Morgan fingerprint density at radius 2 is 1.89 bits per heavy atom. The lowest BCUT2D eigenvalue weighted by Crippen LogP contribution is -2.49. The highest BCUT2D eigenvalue weighted by atomic mass is 16.2. The Kier molecular flexibility index (Phi) is 8.65. The Morgan fingerprint density at radius 1 is 1.32 bits per heavy atom. The van der Waals surface area contributed by atoms with Crippen LogP contribution in [0.1, 0.15) is 53.9 Å². The molecule has 1 amide bonds. The van der Waals surface area contributed by atoms with Crippen LogP contribution in [0.2, 0.25) is 0 Å². The molecule has 0 aromatic carbocycles. The van der Waals surface area contributed by atoms with E-state index in [9.17, 15) is 9.59 Å². The number of nitrogens with one attached hydrogen (secondary N) is 1. The molecule has 19 heavy (non-hydrogen) atoms. The lowest BCUT2D eigenvalue weighted by Gasteiger charge is -2.29. The Bertz CT molecular complexity index is 284. The maximum Gasteiger partial charge on any atom is 0.240 e. The van der Waals surface area contributed by atoms with Crippen LogP contribution < -0.4 is 5.32 Å². The van der Waals surface area contributed by atoms with Crippen LogP contribution in [-0.4, -0.2) is 42.3 Å². The summed E-state index contributed by atoms with van der Waals surface area (Å²) in [5.74, 6) is 0.548. The molecule has 1 aliphatic rings. The highest BCUT2D eigenvalue weighted by Crippen LogP contribution is 2.15. The molecule has 0 radical (unpaired) electrons. The van der Waals surface area contributed by atoms with Crippen LogP contribution in [0.5, 0.6) is 0 Å². The number of hydrogen-bond donors (Lipinski definition) is 1. The molecule has 1 heterocycles. The lowest BCUT2D eigenvalue weighted by atomic mass is 9.99. The van der Waals surface area contributed by atoms with E-state index in [-0.39, 0.29) is 23.8 Å². The van der Waals surface area contributed by atoms with Gasteiger partial charge in [-0.3, -0.25) is 9.59 Å². The van der Waals surface area contributed by atoms with Crippen molar-refractivity contribution in [2.45, 2.75) is 66.0 Å². The van der Waals surface area contributed by atoms with Crippen molar-refractivity contribution in [3.05, 3.63) is 0 Å². The molecule has 1 aliphatic heterocycles. The van der Waals surface area contributed by atoms with Gasteiger partial charge in [0.25, 0.3) is 0 Å². The monoisotopic (exact) mass is 270 g/mol. The van der Waals surface area contributed by atoms with Crippen LogP contribution in [0.3, 0.4) is 0 Å². The molecule has 0 aromatic rings. The first-order chi connectivity index (χ1) is 8.93. The third-order valence-corrected chi connectivity index (χ3v) is 3.34. The summed E-state index contributed by atoms with van der Waals surface area (Å²) in [5, 5.41) is 3.18. The number of carbonyl (C=O) groups is 2. The zero-order valence-corrected chi connectivity index (χ0v) is 13.3. The van der Waals surface area contributed by atoms with Crippen LogP contribution in [0.15, 0.2) is 0 Å². The SMILES string of the molecule is CC.CC(=O)C(CC(C)C)N(C)C(=O)C1CCCN1. The van der Waals surface area contributed by atoms with Gasteiger partial charge in [-0.1, -0.05) is 27.7 Å². The Balaban J connectivity index is 0.00000154. The van der Waals surface area contributed by atoms with E-state index in [1.807, 2.05) is 13.8 Å². The van der Waals surface area contributed by atoms with Crippen molar-refractivity contribution < 1.29 is 9.59 Å². The van der Waals surface area contributed by atoms with Gasteiger partial charge in [-0.15, -0.1) is 0 Å². The van der Waals surface area contributed by atoms with Crippen LogP contribution in [0, 0.1) is 5.92 Å². The van der Waals surface area contributed by atoms with E-state index in [4.69, 9.17) is 0 Å². The van der Waals surface area contributed by atoms with Gasteiger partial charge in [-0.05, 0) is 38.6 Å². The lowest BCUT2D eigenvalue weighted by molar-refractivity contribution is -0.139. The van der Waals surface area contributed by atoms with Crippen molar-refractivity contribution >= 4 is 11.7 Å². The van der Waals surface area contributed by atoms with Gasteiger partial charge in [-0.2, -0.15) is 0 Å². The first-order valence-electron chi connectivity index (χ1n) is 7.44. The third kappa shape index (κ3) is 5.72. The first-order valence-corrected chi connectivity index (χ1v) is 7.44. The number of amides is 1. The molecule has 4 heteroatoms. The minimum atomic E-state index is -0.273. The zero-order chi connectivity index (χ0) is 15.0. The van der Waals surface area contributed by atoms with E-state index in [1.54, 1.807) is 18.9 Å². The standard InChI is InChI=1S/C13H24N2O2.C2H6/c1-9(2)8-12(10(3)16)15(4)13(17)11-6-5-7-14-11;1-2/h9,11-12,14H,5-8H2,1-4H3;1-2H3. The first kappa shape index (κ1) is 18.1. The largest absolute Gasteiger partial charge is 0.334 e. The molecule has 0 aromatic heterocycles. The van der Waals surface area contributed by atoms with Gasteiger partial charge in [0.05, 0.1) is 12.1 Å². The van der Waals surface area contributed by atoms with Crippen molar-refractivity contribution in [1.29, 1.82) is 0 Å². The number of carbonyl (C=O) groups excluding carboxylic acids is 2. The summed E-state index contributed by atoms with van der Waals surface area (Å²) in [5.41, 5.74) is 0. The second-order valence-corrected chi connectivity index (χ2v) is 5.35. The summed E-state index contributed by atoms with van der Waals surface area (Å²) in [7, 11) is 1.75. The molecule has 0 bridgehead atoms. The number of likely N-dealkylation sites (N-methyl/N-ethyl adjacent to an activating group) is 1. The topological polar surface area (TPSA) is 49.4 Å². The smallest absolute Gasteiger partial charge is 0.240 e. The highest BCUT2D eigenvalue weighted by Gasteiger charge is 2.31. The average Bonchev–Trinajstić information content (AvgIpc) is 2.90. The van der Waals surface area contributed by atoms with Crippen molar-refractivity contribution in [1.82, 2.24) is 10.2 Å². The van der Waals surface area contributed by atoms with Gasteiger partial charge in [0, 0.05) is 7.05 Å². The van der Waals surface area contributed by atoms with Gasteiger partial charge in [0.1, 0.15) is 0 Å². The summed E-state index contributed by atoms with van der Waals surface area (Å²) in [6, 6.07) is -0.362. The van der Waals surface area contributed by atoms with Crippen molar-refractivity contribution in [3.63, 3.8) is 0 Å². The summed E-state index contributed by atoms with van der Waals surface area (Å²) in [4.78, 5) is 25.4. The van der Waals surface area contributed by atoms with Gasteiger partial charge in [0.15, 0.2) is 5.78 Å². The summed E-state index contributed by atoms with van der Waals surface area (Å²) in [6.45, 7) is 10.6. The second kappa shape index (κ2) is 9.08. The zero-order valence-electron chi connectivity index (χ0n) is 13.3. The molecule has 2 atom stereocenters. The third-order valence-electron chi connectivity index (χ3n) is 3.34. The predicted octanol–water partition coefficient (Wildman–Crippen LogP) is 2.23. The molecule has 0 spiro atoms.